The van der Waals surface area contributed by atoms with Crippen LogP contribution in [-0.2, 0) is 4.79 Å². The highest BCUT2D eigenvalue weighted by Crippen LogP contribution is 2.42. The molecule has 3 rings (SSSR count). The lowest BCUT2D eigenvalue weighted by atomic mass is 10.2. The third-order valence-corrected chi connectivity index (χ3v) is 4.70. The van der Waals surface area contributed by atoms with Crippen LogP contribution in [0.3, 0.4) is 0 Å². The molecule has 0 unspecified atom stereocenters. The lowest BCUT2D eigenvalue weighted by Gasteiger charge is -2.21. The first-order valence-electron chi connectivity index (χ1n) is 5.63. The average molecular weight is 293 g/mol. The molecule has 1 saturated heterocycles. The van der Waals surface area contributed by atoms with E-state index in [2.05, 4.69) is 10.2 Å². The molecule has 1 atom stereocenters. The Morgan fingerprint density at radius 3 is 3.11 bits per heavy atom. The summed E-state index contributed by atoms with van der Waals surface area (Å²) >= 11 is 2.96. The first-order chi connectivity index (χ1) is 9.29. The molecular formula is C12H11N3O2S2. The van der Waals surface area contributed by atoms with Gasteiger partial charge in [-0.1, -0.05) is 23.5 Å². The highest BCUT2D eigenvalue weighted by Gasteiger charge is 2.35. The number of aromatic nitrogens is 2. The van der Waals surface area contributed by atoms with E-state index in [0.29, 0.717) is 10.9 Å². The van der Waals surface area contributed by atoms with Gasteiger partial charge in [-0.15, -0.1) is 22.0 Å². The van der Waals surface area contributed by atoms with Crippen molar-refractivity contribution in [3.05, 3.63) is 35.3 Å². The van der Waals surface area contributed by atoms with Crippen LogP contribution >= 0.6 is 23.1 Å². The van der Waals surface area contributed by atoms with Gasteiger partial charge in [0.1, 0.15) is 16.6 Å². The number of anilines is 1. The molecule has 1 fully saturated rings. The van der Waals surface area contributed by atoms with E-state index in [0.717, 1.165) is 11.3 Å². The van der Waals surface area contributed by atoms with Crippen LogP contribution in [0.25, 0.3) is 0 Å². The number of nitrogens with zero attached hydrogens (tertiary/aromatic N) is 3. The molecule has 7 heteroatoms. The van der Waals surface area contributed by atoms with Gasteiger partial charge in [0, 0.05) is 0 Å². The first kappa shape index (κ1) is 12.4. The molecule has 19 heavy (non-hydrogen) atoms. The van der Waals surface area contributed by atoms with Crippen LogP contribution in [0.1, 0.15) is 10.9 Å². The minimum absolute atomic E-state index is 0.0597. The summed E-state index contributed by atoms with van der Waals surface area (Å²) in [5.41, 5.74) is 2.67. The zero-order valence-electron chi connectivity index (χ0n) is 10.1. The molecule has 0 aliphatic carbocycles. The minimum atomic E-state index is -0.0597. The number of amides is 1. The molecule has 0 radical (unpaired) electrons. The molecule has 98 valence electrons. The van der Waals surface area contributed by atoms with Crippen molar-refractivity contribution in [2.45, 2.75) is 5.37 Å². The maximum absolute atomic E-state index is 12.0. The smallest absolute Gasteiger partial charge is 0.240 e. The van der Waals surface area contributed by atoms with Gasteiger partial charge < -0.3 is 4.74 Å². The van der Waals surface area contributed by atoms with Crippen molar-refractivity contribution in [1.29, 1.82) is 0 Å². The summed E-state index contributed by atoms with van der Waals surface area (Å²) in [6.45, 7) is 0. The molecule has 1 aliphatic heterocycles. The number of rotatable bonds is 3. The van der Waals surface area contributed by atoms with Crippen LogP contribution in [0, 0.1) is 0 Å². The van der Waals surface area contributed by atoms with E-state index in [9.17, 15) is 4.79 Å². The van der Waals surface area contributed by atoms with Gasteiger partial charge >= 0.3 is 0 Å². The van der Waals surface area contributed by atoms with Crippen molar-refractivity contribution in [3.8, 4) is 5.75 Å². The van der Waals surface area contributed by atoms with E-state index >= 15 is 0 Å². The molecule has 5 nitrogen and oxygen atoms in total. The van der Waals surface area contributed by atoms with Crippen molar-refractivity contribution in [3.63, 3.8) is 0 Å². The van der Waals surface area contributed by atoms with E-state index in [1.807, 2.05) is 24.3 Å². The predicted octanol–water partition coefficient (Wildman–Crippen LogP) is 2.33. The third-order valence-electron chi connectivity index (χ3n) is 2.80. The van der Waals surface area contributed by atoms with Crippen LogP contribution in [0.5, 0.6) is 5.75 Å². The van der Waals surface area contributed by atoms with Crippen molar-refractivity contribution in [2.75, 3.05) is 17.8 Å². The number of carbonyl (C=O) groups is 1. The van der Waals surface area contributed by atoms with Gasteiger partial charge in [0.15, 0.2) is 0 Å². The van der Waals surface area contributed by atoms with E-state index in [1.54, 1.807) is 29.3 Å². The fourth-order valence-corrected chi connectivity index (χ4v) is 3.76. The Morgan fingerprint density at radius 2 is 2.37 bits per heavy atom. The normalized spacial score (nSPS) is 18.9. The van der Waals surface area contributed by atoms with Crippen LogP contribution in [0.4, 0.5) is 5.13 Å². The van der Waals surface area contributed by atoms with Gasteiger partial charge in [-0.25, -0.2) is 0 Å². The molecule has 1 aromatic heterocycles. The number of benzene rings is 1. The summed E-state index contributed by atoms with van der Waals surface area (Å²) in [4.78, 5) is 13.7. The molecule has 0 N–H and O–H groups in total. The average Bonchev–Trinajstić information content (AvgIpc) is 3.07. The largest absolute Gasteiger partial charge is 0.497 e. The fourth-order valence-electron chi connectivity index (χ4n) is 1.94. The number of carbonyl (C=O) groups excluding carboxylic acids is 1. The molecule has 2 aromatic rings. The third kappa shape index (κ3) is 2.31. The van der Waals surface area contributed by atoms with Gasteiger partial charge in [-0.05, 0) is 17.7 Å². The van der Waals surface area contributed by atoms with Gasteiger partial charge in [-0.3, -0.25) is 9.69 Å². The quantitative estimate of drug-likeness (QED) is 0.869. The summed E-state index contributed by atoms with van der Waals surface area (Å²) in [6.07, 6.45) is 0. The van der Waals surface area contributed by atoms with Crippen molar-refractivity contribution < 1.29 is 9.53 Å². The predicted molar refractivity (Wildman–Crippen MR) is 75.6 cm³/mol. The van der Waals surface area contributed by atoms with Crippen molar-refractivity contribution in [2.24, 2.45) is 0 Å². The lowest BCUT2D eigenvalue weighted by molar-refractivity contribution is -0.115. The summed E-state index contributed by atoms with van der Waals surface area (Å²) in [6, 6.07) is 7.76. The van der Waals surface area contributed by atoms with E-state index in [-0.39, 0.29) is 11.3 Å². The molecule has 0 saturated carbocycles. The highest BCUT2D eigenvalue weighted by molar-refractivity contribution is 8.00. The molecule has 2 heterocycles. The Labute approximate surface area is 118 Å². The number of thioether (sulfide) groups is 1. The monoisotopic (exact) mass is 293 g/mol. The van der Waals surface area contributed by atoms with Gasteiger partial charge in [0.05, 0.1) is 12.9 Å². The van der Waals surface area contributed by atoms with Crippen molar-refractivity contribution >= 4 is 34.1 Å². The first-order valence-corrected chi connectivity index (χ1v) is 7.56. The molecule has 1 amide bonds. The van der Waals surface area contributed by atoms with Gasteiger partial charge in [-0.2, -0.15) is 0 Å². The standard InChI is InChI=1S/C12H11N3O2S2/c1-17-9-4-2-3-8(5-9)11-15(10(16)6-18-11)12-14-13-7-19-12/h2-5,7,11H,6H2,1H3/t11-/m0/s1. The Kier molecular flexibility index (Phi) is 3.39. The summed E-state index contributed by atoms with van der Waals surface area (Å²) < 4.78 is 5.23. The lowest BCUT2D eigenvalue weighted by Crippen LogP contribution is -2.27. The second kappa shape index (κ2) is 5.18. The second-order valence-electron chi connectivity index (χ2n) is 3.93. The number of methoxy groups -OCH3 is 1. The molecule has 0 spiro atoms. The Bertz CT molecular complexity index is 588. The Hall–Kier alpha value is -1.60. The summed E-state index contributed by atoms with van der Waals surface area (Å²) in [7, 11) is 1.63. The van der Waals surface area contributed by atoms with Crippen LogP contribution < -0.4 is 9.64 Å². The number of hydrogen-bond donors (Lipinski definition) is 0. The molecule has 1 aliphatic rings. The maximum Gasteiger partial charge on any atom is 0.240 e. The molecule has 1 aromatic carbocycles. The topological polar surface area (TPSA) is 55.3 Å². The van der Waals surface area contributed by atoms with E-state index in [1.165, 1.54) is 11.3 Å². The second-order valence-corrected chi connectivity index (χ2v) is 5.81. The van der Waals surface area contributed by atoms with Crippen LogP contribution in [0.2, 0.25) is 0 Å². The highest BCUT2D eigenvalue weighted by atomic mass is 32.2. The number of ether oxygens (including phenoxy) is 1. The van der Waals surface area contributed by atoms with Crippen LogP contribution in [-0.4, -0.2) is 29.0 Å². The van der Waals surface area contributed by atoms with E-state index in [4.69, 9.17) is 4.74 Å². The number of hydrogen-bond acceptors (Lipinski definition) is 6. The summed E-state index contributed by atoms with van der Waals surface area (Å²) in [5, 5.41) is 8.38. The SMILES string of the molecule is COc1cccc([C@@H]2SCC(=O)N2c2nncs2)c1. The summed E-state index contributed by atoms with van der Waals surface area (Å²) in [5.74, 6) is 1.31. The molecule has 0 bridgehead atoms. The van der Waals surface area contributed by atoms with Crippen molar-refractivity contribution in [1.82, 2.24) is 10.2 Å². The van der Waals surface area contributed by atoms with Gasteiger partial charge in [0.2, 0.25) is 11.0 Å². The maximum atomic E-state index is 12.0. The fraction of sp³-hybridized carbons (Fsp3) is 0.250. The minimum Gasteiger partial charge on any atom is -0.497 e. The zero-order chi connectivity index (χ0) is 13.2. The van der Waals surface area contributed by atoms with Gasteiger partial charge in [0.25, 0.3) is 0 Å². The Morgan fingerprint density at radius 1 is 1.47 bits per heavy atom. The van der Waals surface area contributed by atoms with Crippen LogP contribution in [0.15, 0.2) is 29.8 Å². The van der Waals surface area contributed by atoms with E-state index < -0.39 is 0 Å². The Balaban J connectivity index is 1.96. The zero-order valence-corrected chi connectivity index (χ0v) is 11.8. The molecular weight excluding hydrogens is 282 g/mol.